The highest BCUT2D eigenvalue weighted by atomic mass is 32.1. The van der Waals surface area contributed by atoms with Crippen LogP contribution in [-0.2, 0) is 11.2 Å². The lowest BCUT2D eigenvalue weighted by Crippen LogP contribution is -2.49. The molecule has 0 N–H and O–H groups in total. The maximum absolute atomic E-state index is 13.7. The van der Waals surface area contributed by atoms with Crippen molar-refractivity contribution in [2.45, 2.75) is 19.4 Å². The van der Waals surface area contributed by atoms with Crippen LogP contribution in [-0.4, -0.2) is 41.9 Å². The van der Waals surface area contributed by atoms with Gasteiger partial charge in [-0.2, -0.15) is 0 Å². The Morgan fingerprint density at radius 2 is 1.91 bits per heavy atom. The van der Waals surface area contributed by atoms with Crippen molar-refractivity contribution < 1.29 is 9.18 Å². The Labute approximate surface area is 140 Å². The number of nitrogens with zero attached hydrogens (tertiary/aromatic N) is 2. The number of piperazine rings is 1. The third kappa shape index (κ3) is 3.79. The first-order valence-corrected chi connectivity index (χ1v) is 8.82. The first kappa shape index (κ1) is 16.1. The maximum atomic E-state index is 13.7. The molecule has 0 aliphatic carbocycles. The second kappa shape index (κ2) is 7.23. The fourth-order valence-corrected chi connectivity index (χ4v) is 3.80. The first-order chi connectivity index (χ1) is 11.1. The Morgan fingerprint density at radius 3 is 2.57 bits per heavy atom. The Balaban J connectivity index is 1.54. The van der Waals surface area contributed by atoms with Gasteiger partial charge in [-0.3, -0.25) is 9.69 Å². The van der Waals surface area contributed by atoms with Gasteiger partial charge in [-0.1, -0.05) is 24.3 Å². The fraction of sp³-hybridized carbons (Fsp3) is 0.389. The Hall–Kier alpha value is -1.72. The molecule has 1 aromatic carbocycles. The van der Waals surface area contributed by atoms with E-state index in [9.17, 15) is 9.18 Å². The van der Waals surface area contributed by atoms with Crippen LogP contribution in [0.3, 0.4) is 0 Å². The molecule has 1 saturated heterocycles. The average Bonchev–Trinajstić information content (AvgIpc) is 3.11. The number of benzene rings is 1. The molecule has 1 aliphatic rings. The molecule has 1 fully saturated rings. The molecule has 0 spiro atoms. The van der Waals surface area contributed by atoms with Crippen LogP contribution in [0.1, 0.15) is 23.4 Å². The molecule has 2 aromatic rings. The van der Waals surface area contributed by atoms with E-state index in [-0.39, 0.29) is 18.1 Å². The number of hydrogen-bond acceptors (Lipinski definition) is 3. The van der Waals surface area contributed by atoms with E-state index in [0.29, 0.717) is 24.7 Å². The lowest BCUT2D eigenvalue weighted by Gasteiger charge is -2.37. The monoisotopic (exact) mass is 332 g/mol. The number of hydrogen-bond donors (Lipinski definition) is 0. The summed E-state index contributed by atoms with van der Waals surface area (Å²) in [5.74, 6) is -0.288. The summed E-state index contributed by atoms with van der Waals surface area (Å²) in [5, 5.41) is 2.10. The zero-order valence-corrected chi connectivity index (χ0v) is 14.1. The van der Waals surface area contributed by atoms with Gasteiger partial charge in [0.05, 0.1) is 6.42 Å². The smallest absolute Gasteiger partial charge is 0.227 e. The zero-order chi connectivity index (χ0) is 16.2. The van der Waals surface area contributed by atoms with Gasteiger partial charge in [0.15, 0.2) is 0 Å². The van der Waals surface area contributed by atoms with Crippen molar-refractivity contribution >= 4 is 17.2 Å². The van der Waals surface area contributed by atoms with Gasteiger partial charge < -0.3 is 4.90 Å². The largest absolute Gasteiger partial charge is 0.340 e. The number of thiophene rings is 1. The minimum absolute atomic E-state index is 0.0125. The van der Waals surface area contributed by atoms with Gasteiger partial charge in [-0.15, -0.1) is 11.3 Å². The van der Waals surface area contributed by atoms with E-state index in [1.807, 2.05) is 4.90 Å². The highest BCUT2D eigenvalue weighted by Gasteiger charge is 2.25. The molecular formula is C18H21FN2OS. The summed E-state index contributed by atoms with van der Waals surface area (Å²) in [6, 6.07) is 11.1. The number of halogens is 1. The average molecular weight is 332 g/mol. The molecule has 23 heavy (non-hydrogen) atoms. The summed E-state index contributed by atoms with van der Waals surface area (Å²) in [5.41, 5.74) is 0.479. The third-order valence-electron chi connectivity index (χ3n) is 4.47. The molecule has 3 rings (SSSR count). The molecular weight excluding hydrogens is 311 g/mol. The Bertz CT molecular complexity index is 651. The summed E-state index contributed by atoms with van der Waals surface area (Å²) in [6.07, 6.45) is 0.146. The van der Waals surface area contributed by atoms with Gasteiger partial charge in [0.1, 0.15) is 5.82 Å². The summed E-state index contributed by atoms with van der Waals surface area (Å²) in [7, 11) is 0. The summed E-state index contributed by atoms with van der Waals surface area (Å²) in [6.45, 7) is 5.36. The Kier molecular flexibility index (Phi) is 5.08. The predicted octanol–water partition coefficient (Wildman–Crippen LogP) is 3.34. The summed E-state index contributed by atoms with van der Waals surface area (Å²) in [4.78, 5) is 18.0. The predicted molar refractivity (Wildman–Crippen MR) is 91.0 cm³/mol. The third-order valence-corrected chi connectivity index (χ3v) is 5.51. The lowest BCUT2D eigenvalue weighted by atomic mass is 10.1. The summed E-state index contributed by atoms with van der Waals surface area (Å²) >= 11 is 1.77. The number of rotatable bonds is 4. The summed E-state index contributed by atoms with van der Waals surface area (Å²) < 4.78 is 13.7. The van der Waals surface area contributed by atoms with Crippen LogP contribution in [0.4, 0.5) is 4.39 Å². The van der Waals surface area contributed by atoms with Crippen molar-refractivity contribution in [2.24, 2.45) is 0 Å². The molecule has 2 heterocycles. The van der Waals surface area contributed by atoms with E-state index >= 15 is 0 Å². The highest BCUT2D eigenvalue weighted by molar-refractivity contribution is 7.10. The highest BCUT2D eigenvalue weighted by Crippen LogP contribution is 2.25. The van der Waals surface area contributed by atoms with Crippen LogP contribution in [0.2, 0.25) is 0 Å². The number of amides is 1. The van der Waals surface area contributed by atoms with Crippen molar-refractivity contribution in [1.29, 1.82) is 0 Å². The van der Waals surface area contributed by atoms with E-state index in [1.165, 1.54) is 10.9 Å². The van der Waals surface area contributed by atoms with Crippen molar-refractivity contribution in [1.82, 2.24) is 9.80 Å². The van der Waals surface area contributed by atoms with Gasteiger partial charge in [0.2, 0.25) is 5.91 Å². The van der Waals surface area contributed by atoms with E-state index in [0.717, 1.165) is 13.1 Å². The standard InChI is InChI=1S/C18H21FN2OS/c1-14(17-7-4-12-23-17)20-8-10-21(11-9-20)18(22)13-15-5-2-3-6-16(15)19/h2-7,12,14H,8-11,13H2,1H3. The lowest BCUT2D eigenvalue weighted by molar-refractivity contribution is -0.132. The van der Waals surface area contributed by atoms with E-state index in [1.54, 1.807) is 29.5 Å². The molecule has 1 atom stereocenters. The second-order valence-electron chi connectivity index (χ2n) is 5.88. The minimum Gasteiger partial charge on any atom is -0.340 e. The molecule has 1 aliphatic heterocycles. The van der Waals surface area contributed by atoms with Crippen molar-refractivity contribution in [2.75, 3.05) is 26.2 Å². The van der Waals surface area contributed by atoms with Crippen LogP contribution in [0.25, 0.3) is 0 Å². The molecule has 5 heteroatoms. The fourth-order valence-electron chi connectivity index (χ4n) is 2.98. The van der Waals surface area contributed by atoms with Crippen molar-refractivity contribution in [3.05, 3.63) is 58.0 Å². The second-order valence-corrected chi connectivity index (χ2v) is 6.86. The number of carbonyl (C=O) groups is 1. The molecule has 0 radical (unpaired) electrons. The van der Waals surface area contributed by atoms with Crippen LogP contribution in [0.5, 0.6) is 0 Å². The van der Waals surface area contributed by atoms with Gasteiger partial charge >= 0.3 is 0 Å². The van der Waals surface area contributed by atoms with Crippen LogP contribution in [0.15, 0.2) is 41.8 Å². The van der Waals surface area contributed by atoms with Gasteiger partial charge in [-0.05, 0) is 30.0 Å². The van der Waals surface area contributed by atoms with Gasteiger partial charge in [0, 0.05) is 37.1 Å². The molecule has 0 saturated carbocycles. The van der Waals surface area contributed by atoms with Crippen LogP contribution >= 0.6 is 11.3 Å². The van der Waals surface area contributed by atoms with Crippen LogP contribution < -0.4 is 0 Å². The molecule has 1 amide bonds. The van der Waals surface area contributed by atoms with E-state index < -0.39 is 0 Å². The van der Waals surface area contributed by atoms with E-state index in [4.69, 9.17) is 0 Å². The quantitative estimate of drug-likeness (QED) is 0.857. The first-order valence-electron chi connectivity index (χ1n) is 7.94. The normalized spacial score (nSPS) is 17.2. The maximum Gasteiger partial charge on any atom is 0.227 e. The molecule has 0 bridgehead atoms. The molecule has 3 nitrogen and oxygen atoms in total. The molecule has 122 valence electrons. The van der Waals surface area contributed by atoms with Gasteiger partial charge in [0.25, 0.3) is 0 Å². The van der Waals surface area contributed by atoms with Crippen molar-refractivity contribution in [3.63, 3.8) is 0 Å². The molecule has 1 aromatic heterocycles. The van der Waals surface area contributed by atoms with E-state index in [2.05, 4.69) is 29.3 Å². The SMILES string of the molecule is CC(c1cccs1)N1CCN(C(=O)Cc2ccccc2F)CC1. The van der Waals surface area contributed by atoms with Gasteiger partial charge in [-0.25, -0.2) is 4.39 Å². The minimum atomic E-state index is -0.300. The van der Waals surface area contributed by atoms with Crippen molar-refractivity contribution in [3.8, 4) is 0 Å². The van der Waals surface area contributed by atoms with Crippen LogP contribution in [0, 0.1) is 5.82 Å². The topological polar surface area (TPSA) is 23.6 Å². The zero-order valence-electron chi connectivity index (χ0n) is 13.2. The Morgan fingerprint density at radius 1 is 1.17 bits per heavy atom. The molecule has 1 unspecified atom stereocenters. The number of carbonyl (C=O) groups excluding carboxylic acids is 1.